The zero-order valence-corrected chi connectivity index (χ0v) is 23.7. The third-order valence-electron chi connectivity index (χ3n) is 6.22. The van der Waals surface area contributed by atoms with E-state index in [9.17, 15) is 14.9 Å². The molecular formula is C26H33N5O4SSi. The lowest BCUT2D eigenvalue weighted by Crippen LogP contribution is -2.37. The minimum absolute atomic E-state index is 0.0990. The van der Waals surface area contributed by atoms with E-state index in [0.29, 0.717) is 37.4 Å². The van der Waals surface area contributed by atoms with Gasteiger partial charge in [-0.25, -0.2) is 14.6 Å². The van der Waals surface area contributed by atoms with Crippen LogP contribution in [0.25, 0.3) is 10.9 Å². The van der Waals surface area contributed by atoms with Gasteiger partial charge in [0, 0.05) is 37.1 Å². The summed E-state index contributed by atoms with van der Waals surface area (Å²) in [5, 5.41) is 16.2. The first-order valence-electron chi connectivity index (χ1n) is 12.4. The molecule has 0 saturated heterocycles. The SMILES string of the molecule is CC(C)OC(=O)N[C@H]1Cc2c(n(Cc3scnc3NC(=O)OCC[Si](C)(C)C)c3ccc(C#N)cc23)C1. The van der Waals surface area contributed by atoms with Crippen molar-refractivity contribution in [2.75, 3.05) is 11.9 Å². The average Bonchev–Trinajstić information content (AvgIpc) is 3.48. The Labute approximate surface area is 221 Å². The standard InChI is InChI=1S/C26H33N5O4SSi/c1-16(2)35-26(33)29-18-11-20-19-10-17(13-27)6-7-21(19)31(22(20)12-18)14-23-24(28-15-36-23)30-25(32)34-8-9-37(3,4)5/h6-7,10,15-16,18H,8-9,11-12,14H2,1-5H3,(H,29,33)(H,30,32)/t18-/m0/s1. The van der Waals surface area contributed by atoms with E-state index in [1.54, 1.807) is 5.51 Å². The molecule has 1 aromatic carbocycles. The topological polar surface area (TPSA) is 118 Å². The summed E-state index contributed by atoms with van der Waals surface area (Å²) in [6.07, 6.45) is 0.160. The molecule has 11 heteroatoms. The summed E-state index contributed by atoms with van der Waals surface area (Å²) in [5.74, 6) is 0.487. The van der Waals surface area contributed by atoms with Crippen LogP contribution in [-0.4, -0.2) is 48.6 Å². The summed E-state index contributed by atoms with van der Waals surface area (Å²) >= 11 is 1.46. The maximum Gasteiger partial charge on any atom is 0.412 e. The van der Waals surface area contributed by atoms with Gasteiger partial charge in [-0.05, 0) is 50.1 Å². The largest absolute Gasteiger partial charge is 0.450 e. The molecule has 2 N–H and O–H groups in total. The number of nitrogens with one attached hydrogen (secondary N) is 2. The normalized spacial score (nSPS) is 14.9. The number of anilines is 1. The summed E-state index contributed by atoms with van der Waals surface area (Å²) in [6, 6.07) is 8.69. The third-order valence-corrected chi connectivity index (χ3v) is 8.74. The molecule has 0 radical (unpaired) electrons. The number of thiazole rings is 1. The molecule has 0 unspecified atom stereocenters. The van der Waals surface area contributed by atoms with E-state index < -0.39 is 20.3 Å². The van der Waals surface area contributed by atoms with Crippen molar-refractivity contribution in [1.29, 1.82) is 5.26 Å². The molecule has 37 heavy (non-hydrogen) atoms. The highest BCUT2D eigenvalue weighted by Crippen LogP contribution is 2.35. The molecule has 1 atom stereocenters. The van der Waals surface area contributed by atoms with Gasteiger partial charge in [-0.1, -0.05) is 19.6 Å². The quantitative estimate of drug-likeness (QED) is 0.365. The van der Waals surface area contributed by atoms with Crippen molar-refractivity contribution in [2.45, 2.75) is 71.1 Å². The number of rotatable bonds is 8. The van der Waals surface area contributed by atoms with Gasteiger partial charge in [0.2, 0.25) is 0 Å². The Balaban J connectivity index is 1.56. The predicted molar refractivity (Wildman–Crippen MR) is 147 cm³/mol. The van der Waals surface area contributed by atoms with Crippen molar-refractivity contribution >= 4 is 48.3 Å². The zero-order chi connectivity index (χ0) is 26.7. The van der Waals surface area contributed by atoms with Gasteiger partial charge in [0.1, 0.15) is 0 Å². The number of aromatic nitrogens is 2. The predicted octanol–water partition coefficient (Wildman–Crippen LogP) is 5.51. The van der Waals surface area contributed by atoms with Crippen LogP contribution in [0.2, 0.25) is 25.7 Å². The minimum Gasteiger partial charge on any atom is -0.450 e. The molecule has 9 nitrogen and oxygen atoms in total. The van der Waals surface area contributed by atoms with Gasteiger partial charge in [0.05, 0.1) is 41.3 Å². The van der Waals surface area contributed by atoms with Crippen molar-refractivity contribution in [2.24, 2.45) is 0 Å². The summed E-state index contributed by atoms with van der Waals surface area (Å²) in [5.41, 5.74) is 5.51. The number of nitrogens with zero attached hydrogens (tertiary/aromatic N) is 3. The van der Waals surface area contributed by atoms with Crippen molar-refractivity contribution in [1.82, 2.24) is 14.9 Å². The molecule has 1 aliphatic rings. The molecule has 196 valence electrons. The lowest BCUT2D eigenvalue weighted by molar-refractivity contribution is 0.112. The van der Waals surface area contributed by atoms with E-state index in [-0.39, 0.29) is 12.1 Å². The Morgan fingerprint density at radius 1 is 1.27 bits per heavy atom. The van der Waals surface area contributed by atoms with Crippen LogP contribution < -0.4 is 10.6 Å². The molecule has 2 heterocycles. The number of carbonyl (C=O) groups excluding carboxylic acids is 2. The molecule has 0 bridgehead atoms. The highest BCUT2D eigenvalue weighted by Gasteiger charge is 2.30. The summed E-state index contributed by atoms with van der Waals surface area (Å²) in [4.78, 5) is 29.9. The van der Waals surface area contributed by atoms with Crippen LogP contribution >= 0.6 is 11.3 Å². The Morgan fingerprint density at radius 3 is 2.76 bits per heavy atom. The fourth-order valence-corrected chi connectivity index (χ4v) is 5.89. The van der Waals surface area contributed by atoms with E-state index in [1.807, 2.05) is 32.0 Å². The molecule has 4 rings (SSSR count). The molecule has 2 aromatic heterocycles. The van der Waals surface area contributed by atoms with Gasteiger partial charge in [0.25, 0.3) is 0 Å². The monoisotopic (exact) mass is 539 g/mol. The van der Waals surface area contributed by atoms with Gasteiger partial charge in [-0.3, -0.25) is 5.32 Å². The van der Waals surface area contributed by atoms with Crippen molar-refractivity contribution in [3.05, 3.63) is 45.4 Å². The Bertz CT molecular complexity index is 1350. The van der Waals surface area contributed by atoms with Gasteiger partial charge in [-0.15, -0.1) is 11.3 Å². The highest BCUT2D eigenvalue weighted by molar-refractivity contribution is 7.10. The van der Waals surface area contributed by atoms with Crippen LogP contribution in [0.15, 0.2) is 23.7 Å². The Hall–Kier alpha value is -3.36. The number of hydrogen-bond donors (Lipinski definition) is 2. The lowest BCUT2D eigenvalue weighted by atomic mass is 10.1. The molecule has 0 aliphatic heterocycles. The molecule has 0 spiro atoms. The fraction of sp³-hybridized carbons (Fsp3) is 0.462. The molecule has 3 aromatic rings. The molecular weight excluding hydrogens is 506 g/mol. The number of nitriles is 1. The Kier molecular flexibility index (Phi) is 7.89. The number of hydrogen-bond acceptors (Lipinski definition) is 7. The van der Waals surface area contributed by atoms with E-state index in [0.717, 1.165) is 33.1 Å². The zero-order valence-electron chi connectivity index (χ0n) is 21.9. The van der Waals surface area contributed by atoms with Crippen LogP contribution in [-0.2, 0) is 28.9 Å². The number of fused-ring (bicyclic) bond motifs is 3. The number of ether oxygens (including phenoxy) is 2. The maximum absolute atomic E-state index is 12.4. The van der Waals surface area contributed by atoms with Gasteiger partial charge < -0.3 is 19.4 Å². The van der Waals surface area contributed by atoms with Gasteiger partial charge in [-0.2, -0.15) is 5.26 Å². The van der Waals surface area contributed by atoms with Crippen molar-refractivity contribution in [3.8, 4) is 6.07 Å². The minimum atomic E-state index is -1.30. The average molecular weight is 540 g/mol. The van der Waals surface area contributed by atoms with E-state index in [2.05, 4.69) is 45.9 Å². The van der Waals surface area contributed by atoms with E-state index in [4.69, 9.17) is 9.47 Å². The number of amides is 2. The number of alkyl carbamates (subject to hydrolysis) is 1. The van der Waals surface area contributed by atoms with Crippen molar-refractivity contribution < 1.29 is 19.1 Å². The lowest BCUT2D eigenvalue weighted by Gasteiger charge is -2.16. The smallest absolute Gasteiger partial charge is 0.412 e. The first-order chi connectivity index (χ1) is 17.5. The molecule has 0 fully saturated rings. The first kappa shape index (κ1) is 26.7. The van der Waals surface area contributed by atoms with Crippen LogP contribution in [0, 0.1) is 11.3 Å². The van der Waals surface area contributed by atoms with Crippen LogP contribution in [0.3, 0.4) is 0 Å². The van der Waals surface area contributed by atoms with Crippen LogP contribution in [0.4, 0.5) is 15.4 Å². The second kappa shape index (κ2) is 10.9. The van der Waals surface area contributed by atoms with Gasteiger partial charge in [0.15, 0.2) is 5.82 Å². The summed E-state index contributed by atoms with van der Waals surface area (Å²) in [7, 11) is -1.30. The second-order valence-corrected chi connectivity index (χ2v) is 17.3. The van der Waals surface area contributed by atoms with Crippen molar-refractivity contribution in [3.63, 3.8) is 0 Å². The Morgan fingerprint density at radius 2 is 2.05 bits per heavy atom. The number of benzene rings is 1. The summed E-state index contributed by atoms with van der Waals surface area (Å²) < 4.78 is 12.9. The second-order valence-electron chi connectivity index (χ2n) is 10.8. The number of carbonyl (C=O) groups is 2. The first-order valence-corrected chi connectivity index (χ1v) is 17.0. The molecule has 1 aliphatic carbocycles. The maximum atomic E-state index is 12.4. The van der Waals surface area contributed by atoms with Crippen LogP contribution in [0.1, 0.15) is 35.5 Å². The van der Waals surface area contributed by atoms with Crippen LogP contribution in [0.5, 0.6) is 0 Å². The third kappa shape index (κ3) is 6.50. The molecule has 0 saturated carbocycles. The van der Waals surface area contributed by atoms with E-state index in [1.165, 1.54) is 11.3 Å². The van der Waals surface area contributed by atoms with E-state index >= 15 is 0 Å². The fourth-order valence-electron chi connectivity index (χ4n) is 4.47. The summed E-state index contributed by atoms with van der Waals surface area (Å²) in [6.45, 7) is 11.2. The van der Waals surface area contributed by atoms with Gasteiger partial charge >= 0.3 is 12.2 Å². The molecule has 2 amide bonds. The highest BCUT2D eigenvalue weighted by atomic mass is 32.1.